The van der Waals surface area contributed by atoms with Crippen molar-refractivity contribution < 1.29 is 9.90 Å². The Labute approximate surface area is 118 Å². The fourth-order valence-corrected chi connectivity index (χ4v) is 4.54. The first kappa shape index (κ1) is 12.0. The lowest BCUT2D eigenvalue weighted by Gasteiger charge is -2.28. The van der Waals surface area contributed by atoms with Crippen molar-refractivity contribution in [1.82, 2.24) is 0 Å². The van der Waals surface area contributed by atoms with Crippen molar-refractivity contribution in [3.63, 3.8) is 0 Å². The smallest absolute Gasteiger partial charge is 0.307 e. The van der Waals surface area contributed by atoms with Crippen molar-refractivity contribution in [2.24, 2.45) is 17.8 Å². The average molecular weight is 266 g/mol. The van der Waals surface area contributed by atoms with E-state index in [1.54, 1.807) is 0 Å². The van der Waals surface area contributed by atoms with Gasteiger partial charge in [0.05, 0.1) is 5.92 Å². The number of aliphatic carboxylic acids is 1. The standard InChI is InChI=1S/C18H18O2/c19-18(20)17-15-8-7-14(10-15)16(17)13-6-5-11-3-1-2-4-12(11)9-13/h1-6,9,14-17H,7-8,10H2,(H,19,20)/t14-,15-,16+,17+/m0/s1. The summed E-state index contributed by atoms with van der Waals surface area (Å²) in [7, 11) is 0. The predicted octanol–water partition coefficient (Wildman–Crippen LogP) is 4.05. The SMILES string of the molecule is O=C(O)[C@@H]1[C@H]2CC[C@@H](C2)[C@H]1c1ccc2ccccc2c1. The maximum Gasteiger partial charge on any atom is 0.307 e. The van der Waals surface area contributed by atoms with Gasteiger partial charge >= 0.3 is 5.97 Å². The topological polar surface area (TPSA) is 37.3 Å². The van der Waals surface area contributed by atoms with E-state index in [2.05, 4.69) is 30.3 Å². The third kappa shape index (κ3) is 1.67. The molecule has 2 aliphatic carbocycles. The third-order valence-corrected chi connectivity index (χ3v) is 5.36. The Morgan fingerprint density at radius 3 is 2.55 bits per heavy atom. The zero-order valence-electron chi connectivity index (χ0n) is 11.3. The molecule has 0 radical (unpaired) electrons. The summed E-state index contributed by atoms with van der Waals surface area (Å²) in [5.74, 6) is 0.414. The molecule has 2 saturated carbocycles. The van der Waals surface area contributed by atoms with Crippen LogP contribution in [0.5, 0.6) is 0 Å². The molecule has 2 aromatic carbocycles. The van der Waals surface area contributed by atoms with Crippen LogP contribution in [-0.2, 0) is 4.79 Å². The van der Waals surface area contributed by atoms with Gasteiger partial charge < -0.3 is 5.11 Å². The first-order valence-electron chi connectivity index (χ1n) is 7.45. The molecule has 2 aromatic rings. The van der Waals surface area contributed by atoms with Crippen molar-refractivity contribution in [1.29, 1.82) is 0 Å². The third-order valence-electron chi connectivity index (χ3n) is 5.36. The number of hydrogen-bond donors (Lipinski definition) is 1. The summed E-state index contributed by atoms with van der Waals surface area (Å²) in [5, 5.41) is 12.0. The summed E-state index contributed by atoms with van der Waals surface area (Å²) in [5.41, 5.74) is 1.23. The minimum atomic E-state index is -0.602. The molecule has 102 valence electrons. The Hall–Kier alpha value is -1.83. The highest BCUT2D eigenvalue weighted by atomic mass is 16.4. The molecule has 2 heteroatoms. The van der Waals surface area contributed by atoms with Crippen LogP contribution in [0.15, 0.2) is 42.5 Å². The molecule has 0 saturated heterocycles. The van der Waals surface area contributed by atoms with Crippen molar-refractivity contribution in [2.45, 2.75) is 25.2 Å². The van der Waals surface area contributed by atoms with E-state index in [0.29, 0.717) is 11.8 Å². The average Bonchev–Trinajstić information content (AvgIpc) is 3.07. The Balaban J connectivity index is 1.79. The number of carboxylic acids is 1. The predicted molar refractivity (Wildman–Crippen MR) is 78.6 cm³/mol. The lowest BCUT2D eigenvalue weighted by molar-refractivity contribution is -0.144. The summed E-state index contributed by atoms with van der Waals surface area (Å²) in [4.78, 5) is 11.6. The van der Waals surface area contributed by atoms with E-state index in [9.17, 15) is 9.90 Å². The summed E-state index contributed by atoms with van der Waals surface area (Å²) >= 11 is 0. The molecule has 1 N–H and O–H groups in total. The molecule has 20 heavy (non-hydrogen) atoms. The zero-order valence-corrected chi connectivity index (χ0v) is 11.3. The van der Waals surface area contributed by atoms with Gasteiger partial charge in [-0.3, -0.25) is 4.79 Å². The molecule has 4 atom stereocenters. The van der Waals surface area contributed by atoms with Crippen LogP contribution in [0.2, 0.25) is 0 Å². The van der Waals surface area contributed by atoms with Gasteiger partial charge in [-0.05, 0) is 47.4 Å². The van der Waals surface area contributed by atoms with Gasteiger partial charge in [0.1, 0.15) is 0 Å². The highest BCUT2D eigenvalue weighted by Gasteiger charge is 2.51. The normalized spacial score (nSPS) is 31.8. The molecule has 2 nitrogen and oxygen atoms in total. The van der Waals surface area contributed by atoms with Crippen molar-refractivity contribution in [3.8, 4) is 0 Å². The maximum atomic E-state index is 11.6. The molecule has 4 rings (SSSR count). The van der Waals surface area contributed by atoms with Gasteiger partial charge in [-0.15, -0.1) is 0 Å². The minimum absolute atomic E-state index is 0.171. The molecule has 0 unspecified atom stereocenters. The Morgan fingerprint density at radius 2 is 1.75 bits per heavy atom. The second-order valence-electron chi connectivity index (χ2n) is 6.33. The van der Waals surface area contributed by atoms with Crippen LogP contribution in [0.4, 0.5) is 0 Å². The molecule has 0 heterocycles. The quantitative estimate of drug-likeness (QED) is 0.890. The molecule has 0 aromatic heterocycles. The van der Waals surface area contributed by atoms with Gasteiger partial charge in [-0.2, -0.15) is 0 Å². The van der Waals surface area contributed by atoms with Gasteiger partial charge in [0.25, 0.3) is 0 Å². The molecular weight excluding hydrogens is 248 g/mol. The second-order valence-corrected chi connectivity index (χ2v) is 6.33. The molecule has 2 bridgehead atoms. The summed E-state index contributed by atoms with van der Waals surface area (Å²) in [6, 6.07) is 14.8. The van der Waals surface area contributed by atoms with E-state index in [4.69, 9.17) is 0 Å². The summed E-state index contributed by atoms with van der Waals surface area (Å²) in [6.07, 6.45) is 3.41. The maximum absolute atomic E-state index is 11.6. The van der Waals surface area contributed by atoms with Crippen LogP contribution in [0.3, 0.4) is 0 Å². The number of carbonyl (C=O) groups is 1. The van der Waals surface area contributed by atoms with E-state index >= 15 is 0 Å². The first-order chi connectivity index (χ1) is 9.74. The number of fused-ring (bicyclic) bond motifs is 3. The van der Waals surface area contributed by atoms with Gasteiger partial charge in [-0.25, -0.2) is 0 Å². The number of carboxylic acid groups (broad SMARTS) is 1. The van der Waals surface area contributed by atoms with Crippen LogP contribution >= 0.6 is 0 Å². The van der Waals surface area contributed by atoms with Crippen LogP contribution < -0.4 is 0 Å². The monoisotopic (exact) mass is 266 g/mol. The molecule has 0 aliphatic heterocycles. The van der Waals surface area contributed by atoms with Crippen LogP contribution in [-0.4, -0.2) is 11.1 Å². The van der Waals surface area contributed by atoms with Crippen LogP contribution in [0.25, 0.3) is 10.8 Å². The Bertz CT molecular complexity index is 676. The van der Waals surface area contributed by atoms with Crippen molar-refractivity contribution in [2.75, 3.05) is 0 Å². The Morgan fingerprint density at radius 1 is 1.00 bits per heavy atom. The van der Waals surface area contributed by atoms with Crippen molar-refractivity contribution >= 4 is 16.7 Å². The lowest BCUT2D eigenvalue weighted by atomic mass is 9.75. The first-order valence-corrected chi connectivity index (χ1v) is 7.45. The second kappa shape index (κ2) is 4.34. The molecule has 2 aliphatic rings. The lowest BCUT2D eigenvalue weighted by Crippen LogP contribution is -2.27. The van der Waals surface area contributed by atoms with Gasteiger partial charge in [-0.1, -0.05) is 42.5 Å². The summed E-state index contributed by atoms with van der Waals surface area (Å²) < 4.78 is 0. The van der Waals surface area contributed by atoms with E-state index < -0.39 is 5.97 Å². The minimum Gasteiger partial charge on any atom is -0.481 e. The largest absolute Gasteiger partial charge is 0.481 e. The van der Waals surface area contributed by atoms with Crippen LogP contribution in [0, 0.1) is 17.8 Å². The fraction of sp³-hybridized carbons (Fsp3) is 0.389. The fourth-order valence-electron chi connectivity index (χ4n) is 4.54. The molecule has 2 fully saturated rings. The number of hydrogen-bond acceptors (Lipinski definition) is 1. The molecule has 0 amide bonds. The highest BCUT2D eigenvalue weighted by Crippen LogP contribution is 2.56. The molecule has 0 spiro atoms. The van der Waals surface area contributed by atoms with E-state index in [-0.39, 0.29) is 11.8 Å². The number of rotatable bonds is 2. The summed E-state index contributed by atoms with van der Waals surface area (Å²) in [6.45, 7) is 0. The van der Waals surface area contributed by atoms with Crippen molar-refractivity contribution in [3.05, 3.63) is 48.0 Å². The van der Waals surface area contributed by atoms with Gasteiger partial charge in [0.2, 0.25) is 0 Å². The molecular formula is C18H18O2. The van der Waals surface area contributed by atoms with Gasteiger partial charge in [0.15, 0.2) is 0 Å². The Kier molecular flexibility index (Phi) is 2.59. The number of benzene rings is 2. The van der Waals surface area contributed by atoms with E-state index in [1.165, 1.54) is 22.8 Å². The highest BCUT2D eigenvalue weighted by molar-refractivity contribution is 5.83. The van der Waals surface area contributed by atoms with Gasteiger partial charge in [0, 0.05) is 5.92 Å². The van der Waals surface area contributed by atoms with E-state index in [1.807, 2.05) is 12.1 Å². The van der Waals surface area contributed by atoms with Crippen LogP contribution in [0.1, 0.15) is 30.7 Å². The van der Waals surface area contributed by atoms with E-state index in [0.717, 1.165) is 12.8 Å². The zero-order chi connectivity index (χ0) is 13.7.